The van der Waals surface area contributed by atoms with Crippen LogP contribution in [0.15, 0.2) is 29.1 Å². The highest BCUT2D eigenvalue weighted by molar-refractivity contribution is 7.16. The van der Waals surface area contributed by atoms with Crippen LogP contribution in [0.1, 0.15) is 34.4 Å². The smallest absolute Gasteiger partial charge is 0.278 e. The summed E-state index contributed by atoms with van der Waals surface area (Å²) in [6.45, 7) is 2.24. The van der Waals surface area contributed by atoms with Crippen molar-refractivity contribution in [3.05, 3.63) is 50.9 Å². The number of rotatable bonds is 3. The van der Waals surface area contributed by atoms with Gasteiger partial charge in [0.15, 0.2) is 10.8 Å². The minimum atomic E-state index is -0.333. The Morgan fingerprint density at radius 2 is 2.08 bits per heavy atom. The van der Waals surface area contributed by atoms with Crippen molar-refractivity contribution in [2.75, 3.05) is 5.32 Å². The average Bonchev–Trinajstić information content (AvgIpc) is 3.17. The van der Waals surface area contributed by atoms with Crippen LogP contribution in [0.25, 0.3) is 10.8 Å². The molecule has 24 heavy (non-hydrogen) atoms. The van der Waals surface area contributed by atoms with Crippen LogP contribution >= 0.6 is 11.3 Å². The molecule has 2 heterocycles. The van der Waals surface area contributed by atoms with Gasteiger partial charge >= 0.3 is 0 Å². The van der Waals surface area contributed by atoms with E-state index in [1.54, 1.807) is 24.3 Å². The van der Waals surface area contributed by atoms with Crippen molar-refractivity contribution in [3.8, 4) is 0 Å². The number of fused-ring (bicyclic) bond motifs is 2. The number of hydrogen-bond acceptors (Lipinski definition) is 5. The molecule has 0 aliphatic heterocycles. The van der Waals surface area contributed by atoms with Gasteiger partial charge in [-0.1, -0.05) is 18.2 Å². The van der Waals surface area contributed by atoms with Crippen LogP contribution in [0.4, 0.5) is 5.13 Å². The number of aryl methyl sites for hydroxylation is 3. The molecule has 0 radical (unpaired) electrons. The van der Waals surface area contributed by atoms with Crippen LogP contribution in [0.5, 0.6) is 0 Å². The van der Waals surface area contributed by atoms with Crippen molar-refractivity contribution >= 4 is 33.1 Å². The first-order valence-corrected chi connectivity index (χ1v) is 8.79. The summed E-state index contributed by atoms with van der Waals surface area (Å²) >= 11 is 1.52. The number of nitrogens with one attached hydrogen (secondary N) is 1. The van der Waals surface area contributed by atoms with E-state index >= 15 is 0 Å². The standard InChI is InChI=1S/C17H16N4O2S/c1-2-21-16(23)11-7-4-3-6-10(11)14(20-21)15(22)19-17-18-12-8-5-9-13(12)24-17/h3-4,6-7H,2,5,8-9H2,1H3,(H,18,19,22). The lowest BCUT2D eigenvalue weighted by atomic mass is 10.1. The lowest BCUT2D eigenvalue weighted by Gasteiger charge is -2.09. The number of anilines is 1. The van der Waals surface area contributed by atoms with E-state index < -0.39 is 0 Å². The Morgan fingerprint density at radius 1 is 1.29 bits per heavy atom. The molecular formula is C17H16N4O2S. The highest BCUT2D eigenvalue weighted by Crippen LogP contribution is 2.30. The van der Waals surface area contributed by atoms with Gasteiger partial charge in [-0.15, -0.1) is 11.3 Å². The van der Waals surface area contributed by atoms with Gasteiger partial charge < -0.3 is 0 Å². The van der Waals surface area contributed by atoms with Gasteiger partial charge in [0.05, 0.1) is 11.1 Å². The van der Waals surface area contributed by atoms with E-state index in [0.717, 1.165) is 25.0 Å². The molecule has 1 aromatic carbocycles. The molecule has 1 aliphatic carbocycles. The third-order valence-electron chi connectivity index (χ3n) is 4.20. The molecule has 4 rings (SSSR count). The number of thiazole rings is 1. The highest BCUT2D eigenvalue weighted by Gasteiger charge is 2.20. The molecule has 0 spiro atoms. The number of amides is 1. The van der Waals surface area contributed by atoms with E-state index in [1.807, 2.05) is 6.92 Å². The average molecular weight is 340 g/mol. The maximum atomic E-state index is 12.7. The molecule has 3 aromatic rings. The Kier molecular flexibility index (Phi) is 3.65. The topological polar surface area (TPSA) is 76.9 Å². The maximum Gasteiger partial charge on any atom is 0.278 e. The minimum absolute atomic E-state index is 0.183. The van der Waals surface area contributed by atoms with Gasteiger partial charge in [-0.25, -0.2) is 9.67 Å². The number of carbonyl (C=O) groups excluding carboxylic acids is 1. The van der Waals surface area contributed by atoms with E-state index in [9.17, 15) is 9.59 Å². The predicted molar refractivity (Wildman–Crippen MR) is 93.8 cm³/mol. The van der Waals surface area contributed by atoms with Gasteiger partial charge in [0, 0.05) is 16.8 Å². The van der Waals surface area contributed by atoms with E-state index in [4.69, 9.17) is 0 Å². The lowest BCUT2D eigenvalue weighted by molar-refractivity contribution is 0.102. The Hall–Kier alpha value is -2.54. The van der Waals surface area contributed by atoms with E-state index in [1.165, 1.54) is 20.9 Å². The van der Waals surface area contributed by atoms with Crippen LogP contribution in [-0.4, -0.2) is 20.7 Å². The number of carbonyl (C=O) groups is 1. The molecule has 2 aromatic heterocycles. The Bertz CT molecular complexity index is 984. The Balaban J connectivity index is 1.76. The Morgan fingerprint density at radius 3 is 2.83 bits per heavy atom. The second-order valence-corrected chi connectivity index (χ2v) is 6.80. The summed E-state index contributed by atoms with van der Waals surface area (Å²) in [5.74, 6) is -0.333. The predicted octanol–water partition coefficient (Wildman–Crippen LogP) is 2.61. The molecule has 1 N–H and O–H groups in total. The molecule has 0 bridgehead atoms. The lowest BCUT2D eigenvalue weighted by Crippen LogP contribution is -2.27. The summed E-state index contributed by atoms with van der Waals surface area (Å²) in [4.78, 5) is 30.8. The molecule has 0 saturated carbocycles. The van der Waals surface area contributed by atoms with Crippen LogP contribution in [0.2, 0.25) is 0 Å². The van der Waals surface area contributed by atoms with E-state index in [2.05, 4.69) is 15.4 Å². The molecule has 122 valence electrons. The number of benzene rings is 1. The number of hydrogen-bond donors (Lipinski definition) is 1. The van der Waals surface area contributed by atoms with Crippen molar-refractivity contribution in [2.24, 2.45) is 0 Å². The van der Waals surface area contributed by atoms with Crippen LogP contribution < -0.4 is 10.9 Å². The normalized spacial score (nSPS) is 13.2. The fourth-order valence-electron chi connectivity index (χ4n) is 3.02. The fourth-order valence-corrected chi connectivity index (χ4v) is 4.06. The van der Waals surface area contributed by atoms with Crippen molar-refractivity contribution in [2.45, 2.75) is 32.7 Å². The SMILES string of the molecule is CCn1nc(C(=O)Nc2nc3c(s2)CCC3)c2ccccc2c1=O. The van der Waals surface area contributed by atoms with Gasteiger partial charge in [-0.05, 0) is 32.3 Å². The van der Waals surface area contributed by atoms with Crippen LogP contribution in [0.3, 0.4) is 0 Å². The zero-order valence-corrected chi connectivity index (χ0v) is 14.0. The second kappa shape index (κ2) is 5.83. The molecule has 0 fully saturated rings. The highest BCUT2D eigenvalue weighted by atomic mass is 32.1. The van der Waals surface area contributed by atoms with Gasteiger partial charge in [-0.3, -0.25) is 14.9 Å². The zero-order chi connectivity index (χ0) is 16.7. The largest absolute Gasteiger partial charge is 0.296 e. The van der Waals surface area contributed by atoms with Gasteiger partial charge in [0.1, 0.15) is 0 Å². The summed E-state index contributed by atoms with van der Waals surface area (Å²) in [5.41, 5.74) is 1.16. The van der Waals surface area contributed by atoms with Crippen molar-refractivity contribution in [3.63, 3.8) is 0 Å². The first-order valence-electron chi connectivity index (χ1n) is 7.97. The monoisotopic (exact) mass is 340 g/mol. The first kappa shape index (κ1) is 15.0. The molecule has 7 heteroatoms. The molecule has 1 amide bonds. The van der Waals surface area contributed by atoms with Crippen molar-refractivity contribution in [1.29, 1.82) is 0 Å². The van der Waals surface area contributed by atoms with Crippen LogP contribution in [0, 0.1) is 0 Å². The van der Waals surface area contributed by atoms with Gasteiger partial charge in [-0.2, -0.15) is 5.10 Å². The van der Waals surface area contributed by atoms with Crippen LogP contribution in [-0.2, 0) is 19.4 Å². The Labute approximate surface area is 142 Å². The first-order chi connectivity index (χ1) is 11.7. The summed E-state index contributed by atoms with van der Waals surface area (Å²) < 4.78 is 1.32. The summed E-state index contributed by atoms with van der Waals surface area (Å²) in [7, 11) is 0. The fraction of sp³-hybridized carbons (Fsp3) is 0.294. The third-order valence-corrected chi connectivity index (χ3v) is 5.27. The van der Waals surface area contributed by atoms with Crippen molar-refractivity contribution in [1.82, 2.24) is 14.8 Å². The van der Waals surface area contributed by atoms with Crippen molar-refractivity contribution < 1.29 is 4.79 Å². The van der Waals surface area contributed by atoms with E-state index in [-0.39, 0.29) is 17.2 Å². The summed E-state index contributed by atoms with van der Waals surface area (Å²) in [5, 5.41) is 8.75. The quantitative estimate of drug-likeness (QED) is 0.795. The summed E-state index contributed by atoms with van der Waals surface area (Å²) in [6, 6.07) is 7.06. The molecule has 0 saturated heterocycles. The second-order valence-electron chi connectivity index (χ2n) is 5.71. The minimum Gasteiger partial charge on any atom is -0.296 e. The van der Waals surface area contributed by atoms with E-state index in [0.29, 0.717) is 22.4 Å². The molecule has 6 nitrogen and oxygen atoms in total. The maximum absolute atomic E-state index is 12.7. The molecule has 0 atom stereocenters. The number of aromatic nitrogens is 3. The third kappa shape index (κ3) is 2.41. The van der Waals surface area contributed by atoms with Gasteiger partial charge in [0.25, 0.3) is 11.5 Å². The molecule has 0 unspecified atom stereocenters. The molecule has 1 aliphatic rings. The van der Waals surface area contributed by atoms with Gasteiger partial charge in [0.2, 0.25) is 0 Å². The summed E-state index contributed by atoms with van der Waals surface area (Å²) in [6.07, 6.45) is 3.14. The number of nitrogens with zero attached hydrogens (tertiary/aromatic N) is 3. The zero-order valence-electron chi connectivity index (χ0n) is 13.2. The molecular weight excluding hydrogens is 324 g/mol.